The molecule has 2 bridgehead atoms. The second-order valence-corrected chi connectivity index (χ2v) is 11.3. The Balaban J connectivity index is 1.51. The lowest BCUT2D eigenvalue weighted by Crippen LogP contribution is -2.52. The predicted octanol–water partition coefficient (Wildman–Crippen LogP) is 5.00. The van der Waals surface area contributed by atoms with Crippen molar-refractivity contribution in [2.24, 2.45) is 16.7 Å². The molecule has 1 aromatic carbocycles. The first-order valence-electron chi connectivity index (χ1n) is 12.5. The van der Waals surface area contributed by atoms with E-state index in [1.807, 2.05) is 12.1 Å². The number of ether oxygens (including phenoxy) is 1. The van der Waals surface area contributed by atoms with Crippen LogP contribution < -0.4 is 10.1 Å². The third-order valence-electron chi connectivity index (χ3n) is 9.14. The second kappa shape index (κ2) is 7.79. The lowest BCUT2D eigenvalue weighted by atomic mass is 9.68. The molecule has 3 fully saturated rings. The molecule has 2 saturated carbocycles. The lowest BCUT2D eigenvalue weighted by Gasteiger charge is -2.43. The van der Waals surface area contributed by atoms with Crippen molar-refractivity contribution in [1.82, 2.24) is 14.8 Å². The van der Waals surface area contributed by atoms with Crippen molar-refractivity contribution in [3.05, 3.63) is 29.5 Å². The van der Waals surface area contributed by atoms with E-state index in [2.05, 4.69) is 48.5 Å². The Kier molecular flexibility index (Phi) is 5.31. The van der Waals surface area contributed by atoms with Gasteiger partial charge >= 0.3 is 0 Å². The highest BCUT2D eigenvalue weighted by Crippen LogP contribution is 2.62. The molecule has 1 aromatic heterocycles. The molecule has 1 amide bonds. The van der Waals surface area contributed by atoms with Crippen molar-refractivity contribution in [1.29, 1.82) is 0 Å². The Morgan fingerprint density at radius 2 is 1.94 bits per heavy atom. The number of likely N-dealkylation sites (tertiary alicyclic amines) is 1. The average Bonchev–Trinajstić information content (AvgIpc) is 3.50. The van der Waals surface area contributed by atoms with Gasteiger partial charge in [0, 0.05) is 30.2 Å². The summed E-state index contributed by atoms with van der Waals surface area (Å²) in [7, 11) is 1.72. The minimum Gasteiger partial charge on any atom is -0.495 e. The van der Waals surface area contributed by atoms with Crippen molar-refractivity contribution in [3.63, 3.8) is 0 Å². The van der Waals surface area contributed by atoms with Gasteiger partial charge in [-0.1, -0.05) is 32.9 Å². The Bertz CT molecular complexity index is 1030. The van der Waals surface area contributed by atoms with Gasteiger partial charge in [0.25, 0.3) is 5.91 Å². The smallest absolute Gasteiger partial charge is 0.253 e. The van der Waals surface area contributed by atoms with Gasteiger partial charge < -0.3 is 19.5 Å². The van der Waals surface area contributed by atoms with Crippen LogP contribution in [-0.4, -0.2) is 48.2 Å². The summed E-state index contributed by atoms with van der Waals surface area (Å²) in [6.07, 6.45) is 6.33. The van der Waals surface area contributed by atoms with Crippen LogP contribution in [0.5, 0.6) is 5.75 Å². The molecular formula is C27H39N3O2. The Morgan fingerprint density at radius 3 is 2.59 bits per heavy atom. The molecule has 2 heterocycles. The standard InChI is InChI=1S/C27H39N3O2/c1-18-22(24(31)28-25-26(2,3)19-11-12-27(25,4)17-19)20-9-8-10-21(32-5)23(20)30(18)16-15-29-13-6-7-14-29/h8-10,19,25H,6-7,11-17H2,1-5H3,(H,28,31)/t19-,25?,27?/m0/s1. The van der Waals surface area contributed by atoms with Crippen LogP contribution in [0, 0.1) is 23.7 Å². The highest BCUT2D eigenvalue weighted by molar-refractivity contribution is 6.09. The summed E-state index contributed by atoms with van der Waals surface area (Å²) in [5.74, 6) is 1.63. The normalized spacial score (nSPS) is 29.2. The molecule has 0 spiro atoms. The number of hydrogen-bond donors (Lipinski definition) is 1. The van der Waals surface area contributed by atoms with E-state index in [4.69, 9.17) is 4.74 Å². The SMILES string of the molecule is COc1cccc2c(C(=O)NC3C4(C)CC[C@@H](C4)C3(C)C)c(C)n(CCN3CCCC3)c12. The van der Waals surface area contributed by atoms with Gasteiger partial charge in [0.05, 0.1) is 18.2 Å². The number of nitrogens with one attached hydrogen (secondary N) is 1. The van der Waals surface area contributed by atoms with Crippen LogP contribution in [0.2, 0.25) is 0 Å². The fraction of sp³-hybridized carbons (Fsp3) is 0.667. The maximum Gasteiger partial charge on any atom is 0.253 e. The fourth-order valence-electron chi connectivity index (χ4n) is 7.34. The zero-order valence-electron chi connectivity index (χ0n) is 20.5. The van der Waals surface area contributed by atoms with Gasteiger partial charge in [-0.05, 0) is 74.9 Å². The van der Waals surface area contributed by atoms with Gasteiger partial charge in [0.2, 0.25) is 0 Å². The first kappa shape index (κ1) is 21.8. The van der Waals surface area contributed by atoms with Gasteiger partial charge in [-0.2, -0.15) is 0 Å². The summed E-state index contributed by atoms with van der Waals surface area (Å²) in [4.78, 5) is 16.4. The number of nitrogens with zero attached hydrogens (tertiary/aromatic N) is 2. The van der Waals surface area contributed by atoms with Crippen LogP contribution in [0.3, 0.4) is 0 Å². The van der Waals surface area contributed by atoms with Gasteiger partial charge in [-0.3, -0.25) is 4.79 Å². The Morgan fingerprint density at radius 1 is 1.19 bits per heavy atom. The predicted molar refractivity (Wildman–Crippen MR) is 129 cm³/mol. The number of benzene rings is 1. The summed E-state index contributed by atoms with van der Waals surface area (Å²) >= 11 is 0. The second-order valence-electron chi connectivity index (χ2n) is 11.3. The summed E-state index contributed by atoms with van der Waals surface area (Å²) in [6, 6.07) is 6.31. The van der Waals surface area contributed by atoms with E-state index in [-0.39, 0.29) is 22.8 Å². The number of aromatic nitrogens is 1. The van der Waals surface area contributed by atoms with Crippen LogP contribution >= 0.6 is 0 Å². The van der Waals surface area contributed by atoms with Gasteiger partial charge in [0.15, 0.2) is 0 Å². The van der Waals surface area contributed by atoms with Crippen molar-refractivity contribution in [2.75, 3.05) is 26.7 Å². The van der Waals surface area contributed by atoms with E-state index in [9.17, 15) is 4.79 Å². The maximum atomic E-state index is 13.8. The average molecular weight is 438 g/mol. The van der Waals surface area contributed by atoms with E-state index in [0.29, 0.717) is 5.92 Å². The molecule has 1 saturated heterocycles. The molecule has 5 rings (SSSR count). The number of hydrogen-bond acceptors (Lipinski definition) is 3. The van der Waals surface area contributed by atoms with Crippen LogP contribution in [0.15, 0.2) is 18.2 Å². The molecule has 5 nitrogen and oxygen atoms in total. The molecule has 0 radical (unpaired) electrons. The monoisotopic (exact) mass is 437 g/mol. The van der Waals surface area contributed by atoms with Gasteiger partial charge in [-0.15, -0.1) is 0 Å². The molecule has 1 N–H and O–H groups in total. The quantitative estimate of drug-likeness (QED) is 0.692. The minimum absolute atomic E-state index is 0.0764. The largest absolute Gasteiger partial charge is 0.495 e. The number of rotatable bonds is 6. The first-order chi connectivity index (χ1) is 15.3. The van der Waals surface area contributed by atoms with Crippen LogP contribution in [0.4, 0.5) is 0 Å². The number of amides is 1. The lowest BCUT2D eigenvalue weighted by molar-refractivity contribution is 0.0738. The van der Waals surface area contributed by atoms with E-state index >= 15 is 0 Å². The van der Waals surface area contributed by atoms with E-state index < -0.39 is 0 Å². The van der Waals surface area contributed by atoms with Crippen molar-refractivity contribution < 1.29 is 9.53 Å². The number of para-hydroxylation sites is 1. The zero-order valence-corrected chi connectivity index (χ0v) is 20.5. The molecule has 1 aliphatic heterocycles. The Hall–Kier alpha value is -2.01. The number of methoxy groups -OCH3 is 1. The van der Waals surface area contributed by atoms with Gasteiger partial charge in [-0.25, -0.2) is 0 Å². The summed E-state index contributed by atoms with van der Waals surface area (Å²) < 4.78 is 8.06. The van der Waals surface area contributed by atoms with Crippen molar-refractivity contribution >= 4 is 16.8 Å². The fourth-order valence-corrected chi connectivity index (χ4v) is 7.34. The molecule has 32 heavy (non-hydrogen) atoms. The molecule has 3 aliphatic rings. The molecule has 174 valence electrons. The molecular weight excluding hydrogens is 398 g/mol. The molecule has 5 heteroatoms. The minimum atomic E-state index is 0.0764. The number of carbonyl (C=O) groups is 1. The van der Waals surface area contributed by atoms with Crippen molar-refractivity contribution in [3.8, 4) is 5.75 Å². The summed E-state index contributed by atoms with van der Waals surface area (Å²) in [5.41, 5.74) is 3.27. The molecule has 2 aromatic rings. The molecule has 2 unspecified atom stereocenters. The highest BCUT2D eigenvalue weighted by atomic mass is 16.5. The van der Waals surface area contributed by atoms with E-state index in [1.54, 1.807) is 7.11 Å². The topological polar surface area (TPSA) is 46.5 Å². The third kappa shape index (κ3) is 3.27. The molecule has 3 atom stereocenters. The Labute approximate surface area is 192 Å². The van der Waals surface area contributed by atoms with Crippen molar-refractivity contribution in [2.45, 2.75) is 72.4 Å². The maximum absolute atomic E-state index is 13.8. The zero-order chi connectivity index (χ0) is 22.7. The summed E-state index contributed by atoms with van der Waals surface area (Å²) in [5, 5.41) is 4.54. The van der Waals surface area contributed by atoms with Crippen LogP contribution in [0.25, 0.3) is 10.9 Å². The first-order valence-corrected chi connectivity index (χ1v) is 12.5. The summed E-state index contributed by atoms with van der Waals surface area (Å²) in [6.45, 7) is 13.4. The number of carbonyl (C=O) groups excluding carboxylic acids is 1. The van der Waals surface area contributed by atoms with E-state index in [0.717, 1.165) is 41.0 Å². The van der Waals surface area contributed by atoms with Gasteiger partial charge in [0.1, 0.15) is 5.75 Å². The third-order valence-corrected chi connectivity index (χ3v) is 9.14. The highest BCUT2D eigenvalue weighted by Gasteiger charge is 2.59. The molecule has 2 aliphatic carbocycles. The van der Waals surface area contributed by atoms with Crippen LogP contribution in [0.1, 0.15) is 68.9 Å². The number of fused-ring (bicyclic) bond motifs is 3. The van der Waals surface area contributed by atoms with Crippen LogP contribution in [-0.2, 0) is 6.54 Å². The van der Waals surface area contributed by atoms with E-state index in [1.165, 1.54) is 45.2 Å².